The second-order valence-electron chi connectivity index (χ2n) is 4.52. The molecule has 2 heterocycles. The second-order valence-corrected chi connectivity index (χ2v) is 4.52. The van der Waals surface area contributed by atoms with E-state index in [1.807, 2.05) is 13.8 Å². The summed E-state index contributed by atoms with van der Waals surface area (Å²) >= 11 is 0. The molecule has 1 unspecified atom stereocenters. The monoisotopic (exact) mass is 275 g/mol. The molecule has 0 saturated heterocycles. The van der Waals surface area contributed by atoms with E-state index in [9.17, 15) is 5.11 Å². The van der Waals surface area contributed by atoms with Crippen LogP contribution in [0.1, 0.15) is 31.2 Å². The van der Waals surface area contributed by atoms with Crippen LogP contribution >= 0.6 is 0 Å². The van der Waals surface area contributed by atoms with Crippen molar-refractivity contribution in [2.24, 2.45) is 0 Å². The van der Waals surface area contributed by atoms with Crippen molar-refractivity contribution in [2.75, 3.05) is 7.11 Å². The van der Waals surface area contributed by atoms with Crippen LogP contribution in [0.5, 0.6) is 11.6 Å². The minimum absolute atomic E-state index is 0.0463. The fourth-order valence-electron chi connectivity index (χ4n) is 1.68. The van der Waals surface area contributed by atoms with Gasteiger partial charge in [0.15, 0.2) is 0 Å². The second kappa shape index (κ2) is 6.29. The van der Waals surface area contributed by atoms with E-state index in [0.717, 1.165) is 0 Å². The number of aliphatic hydroxyl groups is 1. The van der Waals surface area contributed by atoms with Crippen molar-refractivity contribution >= 4 is 0 Å². The highest BCUT2D eigenvalue weighted by Crippen LogP contribution is 2.23. The Kier molecular flexibility index (Phi) is 4.47. The highest BCUT2D eigenvalue weighted by atomic mass is 16.5. The lowest BCUT2D eigenvalue weighted by atomic mass is 10.1. The molecule has 20 heavy (non-hydrogen) atoms. The van der Waals surface area contributed by atoms with Crippen LogP contribution in [0.15, 0.2) is 30.6 Å². The smallest absolute Gasteiger partial charge is 0.233 e. The summed E-state index contributed by atoms with van der Waals surface area (Å²) < 4.78 is 10.5. The molecule has 0 aliphatic carbocycles. The summed E-state index contributed by atoms with van der Waals surface area (Å²) in [5.41, 5.74) is 1.02. The molecule has 0 bridgehead atoms. The molecule has 0 spiro atoms. The SMILES string of the molecule is COc1ccc(C(O)c2cncc(OC(C)C)c2)nn1. The van der Waals surface area contributed by atoms with Crippen molar-refractivity contribution in [1.29, 1.82) is 0 Å². The first-order valence-electron chi connectivity index (χ1n) is 6.27. The van der Waals surface area contributed by atoms with E-state index in [0.29, 0.717) is 22.9 Å². The van der Waals surface area contributed by atoms with Gasteiger partial charge in [-0.1, -0.05) is 0 Å². The van der Waals surface area contributed by atoms with Gasteiger partial charge in [-0.25, -0.2) is 0 Å². The van der Waals surface area contributed by atoms with Crippen LogP contribution in [-0.2, 0) is 0 Å². The third-order valence-corrected chi connectivity index (χ3v) is 2.57. The van der Waals surface area contributed by atoms with Crippen molar-refractivity contribution in [3.63, 3.8) is 0 Å². The van der Waals surface area contributed by atoms with E-state index in [2.05, 4.69) is 15.2 Å². The van der Waals surface area contributed by atoms with E-state index in [-0.39, 0.29) is 6.10 Å². The zero-order valence-electron chi connectivity index (χ0n) is 11.6. The van der Waals surface area contributed by atoms with Gasteiger partial charge in [0.2, 0.25) is 5.88 Å². The van der Waals surface area contributed by atoms with E-state index in [4.69, 9.17) is 9.47 Å². The predicted molar refractivity (Wildman–Crippen MR) is 72.6 cm³/mol. The molecule has 0 fully saturated rings. The minimum atomic E-state index is -0.906. The van der Waals surface area contributed by atoms with Gasteiger partial charge in [-0.15, -0.1) is 10.2 Å². The van der Waals surface area contributed by atoms with E-state index in [1.54, 1.807) is 30.6 Å². The number of aliphatic hydroxyl groups excluding tert-OH is 1. The lowest BCUT2D eigenvalue weighted by Crippen LogP contribution is -2.08. The van der Waals surface area contributed by atoms with E-state index < -0.39 is 6.10 Å². The average molecular weight is 275 g/mol. The number of ether oxygens (including phenoxy) is 2. The fraction of sp³-hybridized carbons (Fsp3) is 0.357. The van der Waals surface area contributed by atoms with Gasteiger partial charge in [0.05, 0.1) is 25.1 Å². The van der Waals surface area contributed by atoms with Crippen molar-refractivity contribution < 1.29 is 14.6 Å². The summed E-state index contributed by atoms with van der Waals surface area (Å²) in [6.07, 6.45) is 2.32. The van der Waals surface area contributed by atoms with Gasteiger partial charge in [0, 0.05) is 17.8 Å². The Morgan fingerprint density at radius 2 is 1.95 bits per heavy atom. The lowest BCUT2D eigenvalue weighted by Gasteiger charge is -2.13. The summed E-state index contributed by atoms with van der Waals surface area (Å²) in [5, 5.41) is 18.0. The van der Waals surface area contributed by atoms with Crippen LogP contribution in [0.4, 0.5) is 0 Å². The Balaban J connectivity index is 2.20. The maximum Gasteiger partial charge on any atom is 0.233 e. The molecular weight excluding hydrogens is 258 g/mol. The Bertz CT molecular complexity index is 558. The first-order valence-corrected chi connectivity index (χ1v) is 6.27. The van der Waals surface area contributed by atoms with Gasteiger partial charge in [-0.3, -0.25) is 4.98 Å². The Hall–Kier alpha value is -2.21. The van der Waals surface area contributed by atoms with Crippen LogP contribution in [0.2, 0.25) is 0 Å². The van der Waals surface area contributed by atoms with Gasteiger partial charge in [0.25, 0.3) is 0 Å². The third kappa shape index (κ3) is 3.42. The van der Waals surface area contributed by atoms with Crippen LogP contribution in [0, 0.1) is 0 Å². The molecule has 6 nitrogen and oxygen atoms in total. The number of hydrogen-bond donors (Lipinski definition) is 1. The number of nitrogens with zero attached hydrogens (tertiary/aromatic N) is 3. The Morgan fingerprint density at radius 3 is 2.55 bits per heavy atom. The number of hydrogen-bond acceptors (Lipinski definition) is 6. The molecule has 0 aliphatic heterocycles. The molecule has 2 rings (SSSR count). The van der Waals surface area contributed by atoms with Gasteiger partial charge < -0.3 is 14.6 Å². The lowest BCUT2D eigenvalue weighted by molar-refractivity contribution is 0.209. The van der Waals surface area contributed by atoms with Crippen molar-refractivity contribution in [2.45, 2.75) is 26.1 Å². The molecule has 2 aromatic rings. The van der Waals surface area contributed by atoms with Gasteiger partial charge in [-0.2, -0.15) is 0 Å². The quantitative estimate of drug-likeness (QED) is 0.895. The van der Waals surface area contributed by atoms with E-state index >= 15 is 0 Å². The standard InChI is InChI=1S/C14H17N3O3/c1-9(2)20-11-6-10(7-15-8-11)14(18)12-4-5-13(19-3)17-16-12/h4-9,14,18H,1-3H3. The first-order chi connectivity index (χ1) is 9.60. The molecular formula is C14H17N3O3. The molecule has 1 N–H and O–H groups in total. The van der Waals surface area contributed by atoms with Gasteiger partial charge >= 0.3 is 0 Å². The maximum atomic E-state index is 10.3. The molecule has 2 aromatic heterocycles. The van der Waals surface area contributed by atoms with Crippen molar-refractivity contribution in [3.05, 3.63) is 41.9 Å². The van der Waals surface area contributed by atoms with Crippen LogP contribution in [0.25, 0.3) is 0 Å². The number of aromatic nitrogens is 3. The van der Waals surface area contributed by atoms with Crippen molar-refractivity contribution in [1.82, 2.24) is 15.2 Å². The maximum absolute atomic E-state index is 10.3. The third-order valence-electron chi connectivity index (χ3n) is 2.57. The minimum Gasteiger partial charge on any atom is -0.489 e. The van der Waals surface area contributed by atoms with Crippen LogP contribution < -0.4 is 9.47 Å². The summed E-state index contributed by atoms with van der Waals surface area (Å²) in [5.74, 6) is 1.01. The van der Waals surface area contributed by atoms with Gasteiger partial charge in [0.1, 0.15) is 11.9 Å². The summed E-state index contributed by atoms with van der Waals surface area (Å²) in [6, 6.07) is 5.05. The number of pyridine rings is 1. The Labute approximate surface area is 117 Å². The first kappa shape index (κ1) is 14.2. The fourth-order valence-corrected chi connectivity index (χ4v) is 1.68. The van der Waals surface area contributed by atoms with Gasteiger partial charge in [-0.05, 0) is 26.0 Å². The van der Waals surface area contributed by atoms with Crippen LogP contribution in [0.3, 0.4) is 0 Å². The topological polar surface area (TPSA) is 77.4 Å². The zero-order valence-corrected chi connectivity index (χ0v) is 11.6. The number of rotatable bonds is 5. The Morgan fingerprint density at radius 1 is 1.15 bits per heavy atom. The molecule has 0 aliphatic rings. The molecule has 0 amide bonds. The predicted octanol–water partition coefficient (Wildman–Crippen LogP) is 1.75. The summed E-state index contributed by atoms with van der Waals surface area (Å²) in [4.78, 5) is 4.06. The van der Waals surface area contributed by atoms with Crippen molar-refractivity contribution in [3.8, 4) is 11.6 Å². The summed E-state index contributed by atoms with van der Waals surface area (Å²) in [6.45, 7) is 3.86. The molecule has 1 atom stereocenters. The average Bonchev–Trinajstić information content (AvgIpc) is 2.46. The summed E-state index contributed by atoms with van der Waals surface area (Å²) in [7, 11) is 1.51. The largest absolute Gasteiger partial charge is 0.489 e. The molecule has 0 aromatic carbocycles. The molecule has 0 saturated carbocycles. The highest BCUT2D eigenvalue weighted by molar-refractivity contribution is 5.30. The zero-order chi connectivity index (χ0) is 14.5. The highest BCUT2D eigenvalue weighted by Gasteiger charge is 2.14. The molecule has 106 valence electrons. The van der Waals surface area contributed by atoms with Crippen LogP contribution in [-0.4, -0.2) is 33.5 Å². The van der Waals surface area contributed by atoms with E-state index in [1.165, 1.54) is 7.11 Å². The normalized spacial score (nSPS) is 12.2. The molecule has 0 radical (unpaired) electrons. The number of methoxy groups -OCH3 is 1. The molecule has 6 heteroatoms.